The number of aromatic nitrogens is 3. The zero-order valence-electron chi connectivity index (χ0n) is 13.1. The predicted octanol–water partition coefficient (Wildman–Crippen LogP) is 0.889. The highest BCUT2D eigenvalue weighted by atomic mass is 32.2. The third kappa shape index (κ3) is 4.78. The van der Waals surface area contributed by atoms with E-state index in [1.165, 1.54) is 0 Å². The van der Waals surface area contributed by atoms with Gasteiger partial charge in [0.05, 0.1) is 11.5 Å². The second-order valence-electron chi connectivity index (χ2n) is 6.45. The zero-order valence-corrected chi connectivity index (χ0v) is 13.9. The maximum Gasteiger partial charge on any atom is 0.150 e. The minimum atomic E-state index is -2.80. The first kappa shape index (κ1) is 16.4. The summed E-state index contributed by atoms with van der Waals surface area (Å²) in [5.74, 6) is 2.46. The van der Waals surface area contributed by atoms with E-state index in [1.807, 2.05) is 11.7 Å². The average Bonchev–Trinajstić information content (AvgIpc) is 2.95. The molecule has 2 unspecified atom stereocenters. The Balaban J connectivity index is 1.95. The number of sulfone groups is 1. The molecule has 2 heterocycles. The monoisotopic (exact) mass is 314 g/mol. The van der Waals surface area contributed by atoms with Crippen LogP contribution >= 0.6 is 0 Å². The Morgan fingerprint density at radius 1 is 1.48 bits per heavy atom. The van der Waals surface area contributed by atoms with Crippen LogP contribution in [0.5, 0.6) is 0 Å². The number of nitrogens with zero attached hydrogens (tertiary/aromatic N) is 3. The molecule has 1 aromatic heterocycles. The van der Waals surface area contributed by atoms with E-state index in [-0.39, 0.29) is 12.0 Å². The smallest absolute Gasteiger partial charge is 0.150 e. The molecule has 1 aromatic rings. The van der Waals surface area contributed by atoms with Crippen molar-refractivity contribution in [2.75, 3.05) is 18.6 Å². The second kappa shape index (κ2) is 6.87. The lowest BCUT2D eigenvalue weighted by molar-refractivity contribution is 0.400. The lowest BCUT2D eigenvalue weighted by Crippen LogP contribution is -2.32. The van der Waals surface area contributed by atoms with Crippen molar-refractivity contribution in [2.45, 2.75) is 45.7 Å². The van der Waals surface area contributed by atoms with Crippen LogP contribution in [0.3, 0.4) is 0 Å². The molecule has 0 aliphatic carbocycles. The molecule has 1 fully saturated rings. The number of hydrogen-bond acceptors (Lipinski definition) is 5. The fourth-order valence-corrected chi connectivity index (χ4v) is 4.81. The highest BCUT2D eigenvalue weighted by Gasteiger charge is 2.29. The summed E-state index contributed by atoms with van der Waals surface area (Å²) in [7, 11) is -0.869. The zero-order chi connectivity index (χ0) is 15.5. The van der Waals surface area contributed by atoms with Crippen LogP contribution in [0.25, 0.3) is 0 Å². The molecule has 21 heavy (non-hydrogen) atoms. The minimum absolute atomic E-state index is 0.249. The molecule has 7 heteroatoms. The molecular weight excluding hydrogens is 288 g/mol. The molecule has 2 rings (SSSR count). The number of likely N-dealkylation sites (N-methyl/N-ethyl adjacent to an activating group) is 1. The topological polar surface area (TPSA) is 76.9 Å². The second-order valence-corrected chi connectivity index (χ2v) is 8.68. The molecule has 0 amide bonds. The Kier molecular flexibility index (Phi) is 5.37. The number of rotatable bonds is 7. The van der Waals surface area contributed by atoms with E-state index >= 15 is 0 Å². The van der Waals surface area contributed by atoms with E-state index < -0.39 is 9.84 Å². The molecule has 0 aromatic carbocycles. The molecule has 1 aliphatic heterocycles. The van der Waals surface area contributed by atoms with Crippen LogP contribution in [0.1, 0.15) is 32.5 Å². The fraction of sp³-hybridized carbons (Fsp3) is 0.857. The molecule has 1 N–H and O–H groups in total. The molecule has 1 saturated heterocycles. The largest absolute Gasteiger partial charge is 0.317 e. The van der Waals surface area contributed by atoms with Gasteiger partial charge in [0.15, 0.2) is 9.84 Å². The van der Waals surface area contributed by atoms with Gasteiger partial charge in [0.2, 0.25) is 0 Å². The minimum Gasteiger partial charge on any atom is -0.317 e. The lowest BCUT2D eigenvalue weighted by atomic mass is 9.97. The predicted molar refractivity (Wildman–Crippen MR) is 82.8 cm³/mol. The molecule has 1 aliphatic rings. The summed E-state index contributed by atoms with van der Waals surface area (Å²) in [6.45, 7) is 5.18. The first-order valence-electron chi connectivity index (χ1n) is 7.64. The molecule has 120 valence electrons. The Hall–Kier alpha value is -0.950. The lowest BCUT2D eigenvalue weighted by Gasteiger charge is -2.19. The number of nitrogens with one attached hydrogen (secondary N) is 1. The summed E-state index contributed by atoms with van der Waals surface area (Å²) >= 11 is 0. The highest BCUT2D eigenvalue weighted by Crippen LogP contribution is 2.23. The van der Waals surface area contributed by atoms with Crippen molar-refractivity contribution < 1.29 is 8.42 Å². The van der Waals surface area contributed by atoms with Crippen molar-refractivity contribution in [3.8, 4) is 0 Å². The molecule has 0 bridgehead atoms. The Morgan fingerprint density at radius 2 is 2.24 bits per heavy atom. The third-order valence-electron chi connectivity index (χ3n) is 4.02. The van der Waals surface area contributed by atoms with Crippen molar-refractivity contribution in [1.82, 2.24) is 20.1 Å². The first-order valence-corrected chi connectivity index (χ1v) is 9.46. The quantitative estimate of drug-likeness (QED) is 0.809. The maximum absolute atomic E-state index is 11.6. The van der Waals surface area contributed by atoms with Crippen LogP contribution < -0.4 is 5.32 Å². The summed E-state index contributed by atoms with van der Waals surface area (Å²) in [6.07, 6.45) is 4.06. The summed E-state index contributed by atoms with van der Waals surface area (Å²) < 4.78 is 25.1. The van der Waals surface area contributed by atoms with E-state index in [2.05, 4.69) is 29.2 Å². The highest BCUT2D eigenvalue weighted by molar-refractivity contribution is 7.91. The van der Waals surface area contributed by atoms with E-state index in [0.717, 1.165) is 31.6 Å². The van der Waals surface area contributed by atoms with E-state index in [0.29, 0.717) is 17.4 Å². The van der Waals surface area contributed by atoms with Crippen LogP contribution in [-0.2, 0) is 22.8 Å². The van der Waals surface area contributed by atoms with Crippen LogP contribution in [0.4, 0.5) is 0 Å². The van der Waals surface area contributed by atoms with Gasteiger partial charge >= 0.3 is 0 Å². The molecule has 6 nitrogen and oxygen atoms in total. The SMILES string of the molecule is CNC(Cc1ncnn1CC(C)C)CC1CCS(=O)(=O)C1. The Morgan fingerprint density at radius 3 is 2.81 bits per heavy atom. The van der Waals surface area contributed by atoms with Gasteiger partial charge in [-0.3, -0.25) is 0 Å². The van der Waals surface area contributed by atoms with Crippen LogP contribution in [0, 0.1) is 11.8 Å². The van der Waals surface area contributed by atoms with Crippen LogP contribution in [0.15, 0.2) is 6.33 Å². The fourth-order valence-electron chi connectivity index (χ4n) is 2.93. The normalized spacial score (nSPS) is 22.8. The maximum atomic E-state index is 11.6. The van der Waals surface area contributed by atoms with Gasteiger partial charge < -0.3 is 5.32 Å². The standard InChI is InChI=1S/C14H26N4O2S/c1-11(2)8-18-14(16-10-17-18)7-13(15-3)6-12-4-5-21(19,20)9-12/h10-13,15H,4-9H2,1-3H3. The van der Waals surface area contributed by atoms with Crippen molar-refractivity contribution in [1.29, 1.82) is 0 Å². The van der Waals surface area contributed by atoms with Crippen LogP contribution in [-0.4, -0.2) is 47.8 Å². The van der Waals surface area contributed by atoms with Crippen molar-refractivity contribution in [3.05, 3.63) is 12.2 Å². The molecule has 0 spiro atoms. The molecular formula is C14H26N4O2S. The Labute approximate surface area is 127 Å². The number of hydrogen-bond donors (Lipinski definition) is 1. The van der Waals surface area contributed by atoms with Gasteiger partial charge in [0.25, 0.3) is 0 Å². The average molecular weight is 314 g/mol. The van der Waals surface area contributed by atoms with Gasteiger partial charge in [0, 0.05) is 19.0 Å². The summed E-state index contributed by atoms with van der Waals surface area (Å²) in [4.78, 5) is 4.35. The summed E-state index contributed by atoms with van der Waals surface area (Å²) in [5.41, 5.74) is 0. The van der Waals surface area contributed by atoms with Crippen molar-refractivity contribution in [3.63, 3.8) is 0 Å². The molecule has 0 radical (unpaired) electrons. The van der Waals surface area contributed by atoms with Crippen LogP contribution in [0.2, 0.25) is 0 Å². The Bertz CT molecular complexity index is 553. The summed E-state index contributed by atoms with van der Waals surface area (Å²) in [6, 6.07) is 0.249. The molecule has 2 atom stereocenters. The third-order valence-corrected chi connectivity index (χ3v) is 5.85. The van der Waals surface area contributed by atoms with E-state index in [4.69, 9.17) is 0 Å². The van der Waals surface area contributed by atoms with Crippen molar-refractivity contribution in [2.24, 2.45) is 11.8 Å². The van der Waals surface area contributed by atoms with E-state index in [1.54, 1.807) is 6.33 Å². The van der Waals surface area contributed by atoms with E-state index in [9.17, 15) is 8.42 Å². The van der Waals surface area contributed by atoms with Gasteiger partial charge in [-0.05, 0) is 31.7 Å². The van der Waals surface area contributed by atoms with Crippen molar-refractivity contribution >= 4 is 9.84 Å². The van der Waals surface area contributed by atoms with Gasteiger partial charge in [-0.1, -0.05) is 13.8 Å². The summed E-state index contributed by atoms with van der Waals surface area (Å²) in [5, 5.41) is 7.58. The molecule has 0 saturated carbocycles. The first-order chi connectivity index (χ1) is 9.89. The van der Waals surface area contributed by atoms with Gasteiger partial charge in [-0.25, -0.2) is 18.1 Å². The van der Waals surface area contributed by atoms with Gasteiger partial charge in [-0.2, -0.15) is 5.10 Å². The van der Waals surface area contributed by atoms with Gasteiger partial charge in [0.1, 0.15) is 12.2 Å². The van der Waals surface area contributed by atoms with Gasteiger partial charge in [-0.15, -0.1) is 0 Å².